The van der Waals surface area contributed by atoms with Gasteiger partial charge in [-0.2, -0.15) is 0 Å². The first kappa shape index (κ1) is 17.2. The third-order valence-electron chi connectivity index (χ3n) is 5.26. The van der Waals surface area contributed by atoms with Crippen LogP contribution in [0.1, 0.15) is 47.8 Å². The van der Waals surface area contributed by atoms with E-state index in [2.05, 4.69) is 27.4 Å². The number of carbonyl (C=O) groups is 1. The first-order valence-corrected chi connectivity index (χ1v) is 10.1. The number of amides is 1. The topological polar surface area (TPSA) is 43.3 Å². The Labute approximate surface area is 157 Å². The molecule has 2 aromatic heterocycles. The molecule has 2 heterocycles. The summed E-state index contributed by atoms with van der Waals surface area (Å²) in [5.74, 6) is 0.895. The summed E-state index contributed by atoms with van der Waals surface area (Å²) in [6.45, 7) is 0.600. The van der Waals surface area contributed by atoms with E-state index in [4.69, 9.17) is 4.74 Å². The van der Waals surface area contributed by atoms with Crippen LogP contribution in [0.4, 0.5) is 0 Å². The summed E-state index contributed by atoms with van der Waals surface area (Å²) in [7, 11) is 1.68. The highest BCUT2D eigenvalue weighted by molar-refractivity contribution is 7.17. The van der Waals surface area contributed by atoms with E-state index in [0.29, 0.717) is 12.6 Å². The summed E-state index contributed by atoms with van der Waals surface area (Å²) >= 11 is 1.71. The minimum Gasteiger partial charge on any atom is -0.496 e. The normalized spacial score (nSPS) is 14.8. The minimum absolute atomic E-state index is 0.0233. The number of rotatable bonds is 6. The average Bonchev–Trinajstić information content (AvgIpc) is 3.38. The number of carbonyl (C=O) groups excluding carboxylic acids is 1. The third-order valence-corrected chi connectivity index (χ3v) is 6.11. The molecule has 1 aliphatic carbocycles. The second kappa shape index (κ2) is 7.54. The SMILES string of the molecule is COc1ccccc1CCNC(=O)c1cc2sccc2n1C1CCCC1. The Morgan fingerprint density at radius 1 is 1.27 bits per heavy atom. The quantitative estimate of drug-likeness (QED) is 0.679. The number of fused-ring (bicyclic) bond motifs is 1. The Kier molecular flexibility index (Phi) is 4.98. The van der Waals surface area contributed by atoms with Crippen molar-refractivity contribution >= 4 is 27.5 Å². The standard InChI is InChI=1S/C21H24N2O2S/c1-25-19-9-5-2-6-15(19)10-12-22-21(24)18-14-20-17(11-13-26-20)23(18)16-7-3-4-8-16/h2,5-6,9,11,13-14,16H,3-4,7-8,10,12H2,1H3,(H,22,24). The van der Waals surface area contributed by atoms with Crippen molar-refractivity contribution in [1.82, 2.24) is 9.88 Å². The number of hydrogen-bond donors (Lipinski definition) is 1. The molecule has 0 unspecified atom stereocenters. The molecule has 136 valence electrons. The van der Waals surface area contributed by atoms with E-state index in [0.717, 1.165) is 23.4 Å². The highest BCUT2D eigenvalue weighted by Gasteiger charge is 2.24. The highest BCUT2D eigenvalue weighted by atomic mass is 32.1. The Hall–Kier alpha value is -2.27. The van der Waals surface area contributed by atoms with Crippen LogP contribution in [0, 0.1) is 0 Å². The van der Waals surface area contributed by atoms with Gasteiger partial charge in [0.25, 0.3) is 5.91 Å². The molecule has 4 rings (SSSR count). The van der Waals surface area contributed by atoms with E-state index in [9.17, 15) is 4.79 Å². The molecular weight excluding hydrogens is 344 g/mol. The predicted molar refractivity (Wildman–Crippen MR) is 106 cm³/mol. The van der Waals surface area contributed by atoms with Gasteiger partial charge in [0.05, 0.1) is 17.3 Å². The van der Waals surface area contributed by atoms with Crippen molar-refractivity contribution in [2.45, 2.75) is 38.1 Å². The summed E-state index contributed by atoms with van der Waals surface area (Å²) in [4.78, 5) is 12.9. The monoisotopic (exact) mass is 368 g/mol. The van der Waals surface area contributed by atoms with Crippen molar-refractivity contribution in [3.8, 4) is 5.75 Å². The summed E-state index contributed by atoms with van der Waals surface area (Å²) < 4.78 is 8.86. The zero-order valence-electron chi connectivity index (χ0n) is 15.0. The number of para-hydroxylation sites is 1. The number of ether oxygens (including phenoxy) is 1. The lowest BCUT2D eigenvalue weighted by Gasteiger charge is -2.17. The second-order valence-corrected chi connectivity index (χ2v) is 7.77. The van der Waals surface area contributed by atoms with Gasteiger partial charge in [-0.05, 0) is 48.4 Å². The van der Waals surface area contributed by atoms with Crippen LogP contribution in [0.5, 0.6) is 5.75 Å². The summed E-state index contributed by atoms with van der Waals surface area (Å²) in [6, 6.07) is 12.6. The highest BCUT2D eigenvalue weighted by Crippen LogP contribution is 2.36. The van der Waals surface area contributed by atoms with E-state index >= 15 is 0 Å². The fourth-order valence-corrected chi connectivity index (χ4v) is 4.80. The average molecular weight is 369 g/mol. The summed E-state index contributed by atoms with van der Waals surface area (Å²) in [6.07, 6.45) is 5.60. The van der Waals surface area contributed by atoms with Crippen molar-refractivity contribution < 1.29 is 9.53 Å². The largest absolute Gasteiger partial charge is 0.496 e. The Balaban J connectivity index is 1.49. The van der Waals surface area contributed by atoms with Crippen molar-refractivity contribution in [3.63, 3.8) is 0 Å². The molecule has 0 bridgehead atoms. The minimum atomic E-state index is 0.0233. The Bertz CT molecular complexity index is 906. The first-order valence-electron chi connectivity index (χ1n) is 9.26. The van der Waals surface area contributed by atoms with Gasteiger partial charge in [-0.3, -0.25) is 4.79 Å². The first-order chi connectivity index (χ1) is 12.8. The van der Waals surface area contributed by atoms with E-state index in [-0.39, 0.29) is 5.91 Å². The van der Waals surface area contributed by atoms with Crippen molar-refractivity contribution in [2.75, 3.05) is 13.7 Å². The molecule has 4 nitrogen and oxygen atoms in total. The van der Waals surface area contributed by atoms with Gasteiger partial charge in [0, 0.05) is 12.6 Å². The number of hydrogen-bond acceptors (Lipinski definition) is 3. The van der Waals surface area contributed by atoms with Gasteiger partial charge in [-0.15, -0.1) is 11.3 Å². The molecule has 1 aromatic carbocycles. The molecular formula is C21H24N2O2S. The van der Waals surface area contributed by atoms with Crippen LogP contribution in [0.3, 0.4) is 0 Å². The molecule has 1 aliphatic rings. The molecule has 1 fully saturated rings. The van der Waals surface area contributed by atoms with E-state index < -0.39 is 0 Å². The molecule has 3 aromatic rings. The zero-order valence-corrected chi connectivity index (χ0v) is 15.8. The Morgan fingerprint density at radius 2 is 2.08 bits per heavy atom. The number of nitrogens with one attached hydrogen (secondary N) is 1. The van der Waals surface area contributed by atoms with Crippen molar-refractivity contribution in [2.24, 2.45) is 0 Å². The number of aromatic nitrogens is 1. The van der Waals surface area contributed by atoms with Gasteiger partial charge in [-0.25, -0.2) is 0 Å². The third kappa shape index (κ3) is 3.23. The maximum absolute atomic E-state index is 12.9. The molecule has 1 N–H and O–H groups in total. The maximum Gasteiger partial charge on any atom is 0.267 e. The number of benzene rings is 1. The van der Waals surface area contributed by atoms with Crippen LogP contribution >= 0.6 is 11.3 Å². The number of nitrogens with zero attached hydrogens (tertiary/aromatic N) is 1. The maximum atomic E-state index is 12.9. The van der Waals surface area contributed by atoms with Crippen molar-refractivity contribution in [3.05, 3.63) is 53.0 Å². The molecule has 1 amide bonds. The van der Waals surface area contributed by atoms with Gasteiger partial charge in [0.15, 0.2) is 0 Å². The van der Waals surface area contributed by atoms with Crippen molar-refractivity contribution in [1.29, 1.82) is 0 Å². The lowest BCUT2D eigenvalue weighted by atomic mass is 10.1. The predicted octanol–water partition coefficient (Wildman–Crippen LogP) is 4.80. The lowest BCUT2D eigenvalue weighted by molar-refractivity contribution is 0.0943. The second-order valence-electron chi connectivity index (χ2n) is 6.83. The van der Waals surface area contributed by atoms with Crippen LogP contribution in [0.2, 0.25) is 0 Å². The molecule has 26 heavy (non-hydrogen) atoms. The van der Waals surface area contributed by atoms with Gasteiger partial charge >= 0.3 is 0 Å². The van der Waals surface area contributed by atoms with Crippen LogP contribution in [-0.4, -0.2) is 24.1 Å². The van der Waals surface area contributed by atoms with Gasteiger partial charge in [-0.1, -0.05) is 31.0 Å². The van der Waals surface area contributed by atoms with Crippen LogP contribution < -0.4 is 10.1 Å². The molecule has 1 saturated carbocycles. The molecule has 0 atom stereocenters. The van der Waals surface area contributed by atoms with Gasteiger partial charge in [0.1, 0.15) is 11.4 Å². The summed E-state index contributed by atoms with van der Waals surface area (Å²) in [5, 5.41) is 5.21. The Morgan fingerprint density at radius 3 is 2.88 bits per heavy atom. The molecule has 0 aliphatic heterocycles. The van der Waals surface area contributed by atoms with Crippen LogP contribution in [-0.2, 0) is 6.42 Å². The fraction of sp³-hybridized carbons (Fsp3) is 0.381. The van der Waals surface area contributed by atoms with Gasteiger partial charge in [0.2, 0.25) is 0 Å². The van der Waals surface area contributed by atoms with E-state index in [1.54, 1.807) is 18.4 Å². The van der Waals surface area contributed by atoms with Crippen LogP contribution in [0.25, 0.3) is 10.2 Å². The van der Waals surface area contributed by atoms with E-state index in [1.165, 1.54) is 35.9 Å². The fourth-order valence-electron chi connectivity index (χ4n) is 3.99. The van der Waals surface area contributed by atoms with Crippen LogP contribution in [0.15, 0.2) is 41.8 Å². The lowest BCUT2D eigenvalue weighted by Crippen LogP contribution is -2.28. The molecule has 0 radical (unpaired) electrons. The smallest absolute Gasteiger partial charge is 0.267 e. The van der Waals surface area contributed by atoms with E-state index in [1.807, 2.05) is 24.3 Å². The summed E-state index contributed by atoms with van der Waals surface area (Å²) in [5.41, 5.74) is 3.12. The molecule has 5 heteroatoms. The molecule has 0 saturated heterocycles. The molecule has 0 spiro atoms. The number of thiophene rings is 1. The number of methoxy groups -OCH3 is 1. The zero-order chi connectivity index (χ0) is 17.9. The van der Waals surface area contributed by atoms with Gasteiger partial charge < -0.3 is 14.6 Å².